The summed E-state index contributed by atoms with van der Waals surface area (Å²) in [5.41, 5.74) is 7.21. The van der Waals surface area contributed by atoms with Crippen LogP contribution in [0.3, 0.4) is 0 Å². The quantitative estimate of drug-likeness (QED) is 0.931. The number of carbonyl (C=O) groups is 1. The van der Waals surface area contributed by atoms with Crippen LogP contribution in [0.1, 0.15) is 31.4 Å². The largest absolute Gasteiger partial charge is 0.334 e. The maximum absolute atomic E-state index is 11.9. The number of likely N-dealkylation sites (tertiary alicyclic amines) is 1. The van der Waals surface area contributed by atoms with Crippen LogP contribution in [0.15, 0.2) is 28.7 Å². The van der Waals surface area contributed by atoms with Gasteiger partial charge in [-0.05, 0) is 24.1 Å². The maximum atomic E-state index is 11.9. The fourth-order valence-corrected chi connectivity index (χ4v) is 2.67. The van der Waals surface area contributed by atoms with Gasteiger partial charge < -0.3 is 10.6 Å². The van der Waals surface area contributed by atoms with Crippen molar-refractivity contribution in [1.29, 1.82) is 0 Å². The lowest BCUT2D eigenvalue weighted by molar-refractivity contribution is -0.129. The Labute approximate surface area is 110 Å². The van der Waals surface area contributed by atoms with Crippen LogP contribution in [0.25, 0.3) is 0 Å². The molecule has 17 heavy (non-hydrogen) atoms. The second-order valence-corrected chi connectivity index (χ2v) is 5.37. The van der Waals surface area contributed by atoms with Gasteiger partial charge in [0.05, 0.1) is 6.04 Å². The molecule has 0 bridgehead atoms. The molecule has 1 aromatic rings. The minimum absolute atomic E-state index is 0.0375. The van der Waals surface area contributed by atoms with E-state index in [4.69, 9.17) is 5.73 Å². The molecule has 0 spiro atoms. The van der Waals surface area contributed by atoms with E-state index < -0.39 is 0 Å². The molecular weight excluding hydrogens is 280 g/mol. The highest BCUT2D eigenvalue weighted by Crippen LogP contribution is 2.32. The normalized spacial score (nSPS) is 24.4. The first-order valence-electron chi connectivity index (χ1n) is 5.94. The lowest BCUT2D eigenvalue weighted by Gasteiger charge is -2.27. The van der Waals surface area contributed by atoms with Crippen molar-refractivity contribution in [2.45, 2.75) is 31.8 Å². The molecular formula is C13H17BrN2O. The molecule has 2 N–H and O–H groups in total. The number of hydrogen-bond donors (Lipinski definition) is 1. The fourth-order valence-electron chi connectivity index (χ4n) is 2.41. The van der Waals surface area contributed by atoms with Crippen molar-refractivity contribution in [2.24, 2.45) is 5.73 Å². The molecule has 4 heteroatoms. The van der Waals surface area contributed by atoms with E-state index in [9.17, 15) is 4.79 Å². The predicted octanol–water partition coefficient (Wildman–Crippen LogP) is 2.46. The van der Waals surface area contributed by atoms with Crippen LogP contribution < -0.4 is 5.73 Å². The Morgan fingerprint density at radius 3 is 2.65 bits per heavy atom. The number of carbonyl (C=O) groups excluding carboxylic acids is 1. The van der Waals surface area contributed by atoms with Crippen LogP contribution >= 0.6 is 15.9 Å². The van der Waals surface area contributed by atoms with Gasteiger partial charge in [-0.1, -0.05) is 35.0 Å². The third-order valence-electron chi connectivity index (χ3n) is 3.15. The summed E-state index contributed by atoms with van der Waals surface area (Å²) < 4.78 is 1.04. The number of rotatable bonds is 3. The van der Waals surface area contributed by atoms with E-state index in [-0.39, 0.29) is 18.0 Å². The van der Waals surface area contributed by atoms with Crippen LogP contribution in [0.2, 0.25) is 0 Å². The summed E-state index contributed by atoms with van der Waals surface area (Å²) in [7, 11) is 0. The Bertz CT molecular complexity index is 404. The molecule has 2 atom stereocenters. The smallest absolute Gasteiger partial charge is 0.224 e. The molecule has 1 heterocycles. The Morgan fingerprint density at radius 2 is 2.06 bits per heavy atom. The zero-order valence-electron chi connectivity index (χ0n) is 9.90. The molecule has 92 valence electrons. The van der Waals surface area contributed by atoms with E-state index in [1.807, 2.05) is 29.2 Å². The topological polar surface area (TPSA) is 46.3 Å². The molecule has 3 nitrogen and oxygen atoms in total. The molecule has 1 fully saturated rings. The van der Waals surface area contributed by atoms with Crippen LogP contribution in [0, 0.1) is 0 Å². The molecule has 1 aliphatic heterocycles. The Balaban J connectivity index is 2.28. The summed E-state index contributed by atoms with van der Waals surface area (Å²) in [4.78, 5) is 13.8. The Morgan fingerprint density at radius 1 is 1.41 bits per heavy atom. The average Bonchev–Trinajstić information content (AvgIpc) is 2.56. The van der Waals surface area contributed by atoms with Gasteiger partial charge in [-0.15, -0.1) is 0 Å². The Kier molecular flexibility index (Phi) is 3.84. The highest BCUT2D eigenvalue weighted by Gasteiger charge is 2.37. The van der Waals surface area contributed by atoms with E-state index in [0.717, 1.165) is 23.0 Å². The van der Waals surface area contributed by atoms with Crippen molar-refractivity contribution in [3.8, 4) is 0 Å². The van der Waals surface area contributed by atoms with E-state index in [1.165, 1.54) is 0 Å². The summed E-state index contributed by atoms with van der Waals surface area (Å²) in [6.45, 7) is 2.86. The van der Waals surface area contributed by atoms with Gasteiger partial charge in [-0.2, -0.15) is 0 Å². The highest BCUT2D eigenvalue weighted by atomic mass is 79.9. The van der Waals surface area contributed by atoms with Gasteiger partial charge >= 0.3 is 0 Å². The first-order chi connectivity index (χ1) is 8.13. The number of hydrogen-bond acceptors (Lipinski definition) is 2. The number of nitrogens with two attached hydrogens (primary N) is 1. The first kappa shape index (κ1) is 12.6. The third kappa shape index (κ3) is 2.53. The minimum atomic E-state index is -0.0878. The summed E-state index contributed by atoms with van der Waals surface area (Å²) >= 11 is 3.42. The van der Waals surface area contributed by atoms with Crippen molar-refractivity contribution in [3.63, 3.8) is 0 Å². The van der Waals surface area contributed by atoms with Crippen LogP contribution in [0.5, 0.6) is 0 Å². The monoisotopic (exact) mass is 296 g/mol. The van der Waals surface area contributed by atoms with E-state index in [1.54, 1.807) is 0 Å². The second kappa shape index (κ2) is 5.19. The number of halogens is 1. The van der Waals surface area contributed by atoms with Gasteiger partial charge in [0, 0.05) is 23.5 Å². The zero-order chi connectivity index (χ0) is 12.4. The summed E-state index contributed by atoms with van der Waals surface area (Å²) in [5.74, 6) is 0.173. The maximum Gasteiger partial charge on any atom is 0.224 e. The van der Waals surface area contributed by atoms with Gasteiger partial charge in [0.25, 0.3) is 0 Å². The van der Waals surface area contributed by atoms with Gasteiger partial charge in [-0.3, -0.25) is 4.79 Å². The van der Waals surface area contributed by atoms with Crippen LogP contribution in [-0.4, -0.2) is 23.4 Å². The second-order valence-electron chi connectivity index (χ2n) is 4.45. The summed E-state index contributed by atoms with van der Waals surface area (Å²) in [6, 6.07) is 8.01. The van der Waals surface area contributed by atoms with Gasteiger partial charge in [0.1, 0.15) is 0 Å². The molecule has 0 saturated carbocycles. The lowest BCUT2D eigenvalue weighted by Crippen LogP contribution is -2.33. The summed E-state index contributed by atoms with van der Waals surface area (Å²) in [5, 5.41) is 0. The average molecular weight is 297 g/mol. The lowest BCUT2D eigenvalue weighted by atomic mass is 10.0. The number of nitrogens with zero attached hydrogens (tertiary/aromatic N) is 1. The van der Waals surface area contributed by atoms with Crippen molar-refractivity contribution < 1.29 is 4.79 Å². The molecule has 1 aromatic carbocycles. The minimum Gasteiger partial charge on any atom is -0.334 e. The molecule has 0 radical (unpaired) electrons. The summed E-state index contributed by atoms with van der Waals surface area (Å²) in [6.07, 6.45) is 1.42. The number of amides is 1. The molecule has 0 aromatic heterocycles. The van der Waals surface area contributed by atoms with E-state index in [2.05, 4.69) is 22.9 Å². The van der Waals surface area contributed by atoms with Gasteiger partial charge in [-0.25, -0.2) is 0 Å². The fraction of sp³-hybridized carbons (Fsp3) is 0.462. The predicted molar refractivity (Wildman–Crippen MR) is 71.5 cm³/mol. The zero-order valence-corrected chi connectivity index (χ0v) is 11.5. The molecule has 1 saturated heterocycles. The van der Waals surface area contributed by atoms with E-state index >= 15 is 0 Å². The third-order valence-corrected chi connectivity index (χ3v) is 3.68. The molecule has 2 unspecified atom stereocenters. The molecule has 1 amide bonds. The first-order valence-corrected chi connectivity index (χ1v) is 6.73. The van der Waals surface area contributed by atoms with Crippen molar-refractivity contribution >= 4 is 21.8 Å². The van der Waals surface area contributed by atoms with Crippen molar-refractivity contribution in [1.82, 2.24) is 4.90 Å². The molecule has 1 aliphatic rings. The highest BCUT2D eigenvalue weighted by molar-refractivity contribution is 9.10. The van der Waals surface area contributed by atoms with E-state index in [0.29, 0.717) is 6.42 Å². The standard InChI is InChI=1S/C13H17BrN2O/c1-2-7-16-12(17)8-11(15)13(16)9-3-5-10(14)6-4-9/h3-6,11,13H,2,7-8,15H2,1H3. The van der Waals surface area contributed by atoms with Crippen LogP contribution in [0.4, 0.5) is 0 Å². The number of benzene rings is 1. The van der Waals surface area contributed by atoms with Crippen LogP contribution in [-0.2, 0) is 4.79 Å². The van der Waals surface area contributed by atoms with Gasteiger partial charge in [0.2, 0.25) is 5.91 Å². The van der Waals surface area contributed by atoms with Crippen molar-refractivity contribution in [2.75, 3.05) is 6.54 Å². The van der Waals surface area contributed by atoms with Gasteiger partial charge in [0.15, 0.2) is 0 Å². The SMILES string of the molecule is CCCN1C(=O)CC(N)C1c1ccc(Br)cc1. The molecule has 2 rings (SSSR count). The Hall–Kier alpha value is -0.870. The molecule has 0 aliphatic carbocycles. The van der Waals surface area contributed by atoms with Crippen molar-refractivity contribution in [3.05, 3.63) is 34.3 Å².